The molecule has 0 aliphatic heterocycles. The zero-order valence-corrected chi connectivity index (χ0v) is 16.2. The van der Waals surface area contributed by atoms with Gasteiger partial charge in [0, 0.05) is 0 Å². The van der Waals surface area contributed by atoms with Crippen molar-refractivity contribution in [2.75, 3.05) is 0 Å². The summed E-state index contributed by atoms with van der Waals surface area (Å²) >= 11 is 0. The first-order valence-electron chi connectivity index (χ1n) is 9.07. The molecule has 0 atom stereocenters. The number of rotatable bonds is 4. The maximum atomic E-state index is 15.2. The average molecular weight is 408 g/mol. The van der Waals surface area contributed by atoms with E-state index in [0.29, 0.717) is 10.4 Å². The molecule has 0 aromatic heterocycles. The highest BCUT2D eigenvalue weighted by molar-refractivity contribution is 7.20. The molecule has 0 unspecified atom stereocenters. The fourth-order valence-electron chi connectivity index (χ4n) is 3.90. The summed E-state index contributed by atoms with van der Waals surface area (Å²) in [6.45, 7) is 0. The topological polar surface area (TPSA) is 0 Å². The lowest BCUT2D eigenvalue weighted by molar-refractivity contribution is 0.512. The van der Waals surface area contributed by atoms with E-state index in [4.69, 9.17) is 0 Å². The SMILES string of the molecule is Fc1cccc([Si](c2ccccc2)(c2ccccc2)c2cccc(F)c2F)c1F. The van der Waals surface area contributed by atoms with Crippen LogP contribution in [0.1, 0.15) is 0 Å². The Labute approximate surface area is 167 Å². The molecule has 0 spiro atoms. The average Bonchev–Trinajstić information content (AvgIpc) is 2.76. The van der Waals surface area contributed by atoms with Gasteiger partial charge in [0.2, 0.25) is 0 Å². The Morgan fingerprint density at radius 3 is 1.17 bits per heavy atom. The van der Waals surface area contributed by atoms with E-state index >= 15 is 8.78 Å². The van der Waals surface area contributed by atoms with E-state index in [-0.39, 0.29) is 10.4 Å². The Morgan fingerprint density at radius 2 is 0.793 bits per heavy atom. The predicted molar refractivity (Wildman–Crippen MR) is 110 cm³/mol. The quantitative estimate of drug-likeness (QED) is 0.275. The summed E-state index contributed by atoms with van der Waals surface area (Å²) in [7, 11) is -3.68. The maximum absolute atomic E-state index is 15.2. The highest BCUT2D eigenvalue weighted by Gasteiger charge is 2.46. The van der Waals surface area contributed by atoms with Gasteiger partial charge in [-0.05, 0) is 32.9 Å². The molecule has 0 bridgehead atoms. The third kappa shape index (κ3) is 3.08. The van der Waals surface area contributed by atoms with E-state index in [1.165, 1.54) is 24.3 Å². The third-order valence-electron chi connectivity index (χ3n) is 5.12. The van der Waals surface area contributed by atoms with Gasteiger partial charge in [-0.2, -0.15) is 0 Å². The lowest BCUT2D eigenvalue weighted by Crippen LogP contribution is -2.76. The van der Waals surface area contributed by atoms with Crippen LogP contribution in [0.4, 0.5) is 17.6 Å². The highest BCUT2D eigenvalue weighted by atomic mass is 28.3. The molecular weight excluding hydrogens is 392 g/mol. The van der Waals surface area contributed by atoms with Crippen molar-refractivity contribution < 1.29 is 17.6 Å². The predicted octanol–water partition coefficient (Wildman–Crippen LogP) is 3.62. The van der Waals surface area contributed by atoms with Crippen LogP contribution in [0, 0.1) is 23.3 Å². The second-order valence-corrected chi connectivity index (χ2v) is 10.4. The van der Waals surface area contributed by atoms with E-state index in [1.54, 1.807) is 60.7 Å². The number of hydrogen-bond acceptors (Lipinski definition) is 0. The van der Waals surface area contributed by atoms with Gasteiger partial charge in [0.25, 0.3) is 0 Å². The summed E-state index contributed by atoms with van der Waals surface area (Å²) in [6.07, 6.45) is 0. The number of hydrogen-bond donors (Lipinski definition) is 0. The molecule has 0 amide bonds. The van der Waals surface area contributed by atoms with Crippen molar-refractivity contribution in [3.63, 3.8) is 0 Å². The van der Waals surface area contributed by atoms with Crippen molar-refractivity contribution >= 4 is 28.8 Å². The standard InChI is InChI=1S/C24H16F4Si/c25-19-13-7-15-21(23(19)27)29(17-9-3-1-4-10-17,18-11-5-2-6-12-18)22-16-8-14-20(26)24(22)28/h1-16H. The summed E-state index contributed by atoms with van der Waals surface area (Å²) in [4.78, 5) is 0. The molecule has 4 rings (SSSR count). The molecule has 0 N–H and O–H groups in total. The Morgan fingerprint density at radius 1 is 0.414 bits per heavy atom. The molecular formula is C24H16F4Si. The molecule has 29 heavy (non-hydrogen) atoms. The van der Waals surface area contributed by atoms with Crippen LogP contribution >= 0.6 is 0 Å². The molecule has 0 radical (unpaired) electrons. The summed E-state index contributed by atoms with van der Waals surface area (Å²) in [6, 6.07) is 25.4. The molecule has 0 saturated heterocycles. The van der Waals surface area contributed by atoms with Crippen LogP contribution < -0.4 is 20.7 Å². The van der Waals surface area contributed by atoms with Crippen LogP contribution in [0.2, 0.25) is 0 Å². The molecule has 0 aliphatic carbocycles. The Balaban J connectivity index is 2.24. The molecule has 0 heterocycles. The van der Waals surface area contributed by atoms with Crippen molar-refractivity contribution in [2.45, 2.75) is 0 Å². The number of benzene rings is 4. The lowest BCUT2D eigenvalue weighted by Gasteiger charge is -2.34. The second kappa shape index (κ2) is 7.68. The lowest BCUT2D eigenvalue weighted by atomic mass is 10.3. The zero-order chi connectivity index (χ0) is 20.4. The Bertz CT molecular complexity index is 1050. The van der Waals surface area contributed by atoms with Crippen LogP contribution in [0.3, 0.4) is 0 Å². The van der Waals surface area contributed by atoms with E-state index in [0.717, 1.165) is 12.1 Å². The van der Waals surface area contributed by atoms with Crippen LogP contribution in [0.15, 0.2) is 97.1 Å². The van der Waals surface area contributed by atoms with E-state index in [1.807, 2.05) is 0 Å². The van der Waals surface area contributed by atoms with Gasteiger partial charge in [0.05, 0.1) is 0 Å². The Kier molecular flexibility index (Phi) is 5.07. The maximum Gasteiger partial charge on any atom is 0.186 e. The van der Waals surface area contributed by atoms with Crippen LogP contribution in [0.25, 0.3) is 0 Å². The fraction of sp³-hybridized carbons (Fsp3) is 0. The summed E-state index contributed by atoms with van der Waals surface area (Å²) in [5, 5.41) is 1.33. The van der Waals surface area contributed by atoms with Gasteiger partial charge in [-0.15, -0.1) is 0 Å². The minimum Gasteiger partial charge on any atom is -0.204 e. The molecule has 0 aliphatic rings. The molecule has 4 aromatic rings. The van der Waals surface area contributed by atoms with E-state index < -0.39 is 31.3 Å². The van der Waals surface area contributed by atoms with Gasteiger partial charge in [-0.1, -0.05) is 84.9 Å². The largest absolute Gasteiger partial charge is 0.204 e. The van der Waals surface area contributed by atoms with Crippen LogP contribution in [0.5, 0.6) is 0 Å². The first-order chi connectivity index (χ1) is 14.1. The van der Waals surface area contributed by atoms with Crippen molar-refractivity contribution in [1.29, 1.82) is 0 Å². The molecule has 0 fully saturated rings. The minimum absolute atomic E-state index is 0.0411. The first kappa shape index (κ1) is 19.1. The van der Waals surface area contributed by atoms with Crippen LogP contribution in [-0.2, 0) is 0 Å². The zero-order valence-electron chi connectivity index (χ0n) is 15.2. The summed E-state index contributed by atoms with van der Waals surface area (Å²) in [5.74, 6) is -4.14. The van der Waals surface area contributed by atoms with Gasteiger partial charge in [0.15, 0.2) is 31.3 Å². The van der Waals surface area contributed by atoms with E-state index in [2.05, 4.69) is 0 Å². The van der Waals surface area contributed by atoms with Crippen molar-refractivity contribution in [3.8, 4) is 0 Å². The summed E-state index contributed by atoms with van der Waals surface area (Å²) in [5.41, 5.74) is 0. The first-order valence-corrected chi connectivity index (χ1v) is 11.1. The van der Waals surface area contributed by atoms with Gasteiger partial charge >= 0.3 is 0 Å². The highest BCUT2D eigenvalue weighted by Crippen LogP contribution is 2.16. The van der Waals surface area contributed by atoms with Gasteiger partial charge in [-0.3, -0.25) is 0 Å². The molecule has 144 valence electrons. The van der Waals surface area contributed by atoms with Gasteiger partial charge in [-0.25, -0.2) is 17.6 Å². The minimum atomic E-state index is -3.68. The van der Waals surface area contributed by atoms with E-state index in [9.17, 15) is 8.78 Å². The molecule has 4 aromatic carbocycles. The van der Waals surface area contributed by atoms with Crippen molar-refractivity contribution in [1.82, 2.24) is 0 Å². The van der Waals surface area contributed by atoms with Crippen molar-refractivity contribution in [2.24, 2.45) is 0 Å². The molecule has 5 heteroatoms. The van der Waals surface area contributed by atoms with Gasteiger partial charge in [0.1, 0.15) is 0 Å². The van der Waals surface area contributed by atoms with Crippen molar-refractivity contribution in [3.05, 3.63) is 120 Å². The monoisotopic (exact) mass is 408 g/mol. The smallest absolute Gasteiger partial charge is 0.186 e. The molecule has 0 nitrogen and oxygen atoms in total. The fourth-order valence-corrected chi connectivity index (χ4v) is 8.74. The van der Waals surface area contributed by atoms with Crippen LogP contribution in [-0.4, -0.2) is 8.07 Å². The second-order valence-electron chi connectivity index (χ2n) is 6.68. The normalized spacial score (nSPS) is 11.4. The van der Waals surface area contributed by atoms with Gasteiger partial charge < -0.3 is 0 Å². The molecule has 0 saturated carbocycles. The third-order valence-corrected chi connectivity index (χ3v) is 9.91. The Hall–Kier alpha value is -3.18. The number of halogens is 4. The summed E-state index contributed by atoms with van der Waals surface area (Å²) < 4.78 is 59.1.